The van der Waals surface area contributed by atoms with Gasteiger partial charge in [0.15, 0.2) is 11.5 Å². The zero-order valence-electron chi connectivity index (χ0n) is 26.4. The highest BCUT2D eigenvalue weighted by Crippen LogP contribution is 2.51. The third kappa shape index (κ3) is 5.28. The summed E-state index contributed by atoms with van der Waals surface area (Å²) < 4.78 is 52.7. The molecular weight excluding hydrogens is 648 g/mol. The van der Waals surface area contributed by atoms with Crippen molar-refractivity contribution in [3.8, 4) is 17.2 Å². The number of carboxylic acids is 1. The molecular formula is C34H34ClF2N5O6. The predicted octanol–water partition coefficient (Wildman–Crippen LogP) is 5.71. The second kappa shape index (κ2) is 11.5. The number of aromatic carboxylic acids is 1. The maximum atomic E-state index is 13.5. The number of imidazole rings is 1. The number of hydrogen-bond donors (Lipinski definition) is 1. The van der Waals surface area contributed by atoms with E-state index in [1.165, 1.54) is 13.2 Å². The van der Waals surface area contributed by atoms with Gasteiger partial charge in [-0.15, -0.1) is 0 Å². The summed E-state index contributed by atoms with van der Waals surface area (Å²) in [4.78, 5) is 26.1. The minimum absolute atomic E-state index is 0.0454. The fourth-order valence-electron chi connectivity index (χ4n) is 7.13. The van der Waals surface area contributed by atoms with Crippen LogP contribution in [0, 0.1) is 0 Å². The van der Waals surface area contributed by atoms with Gasteiger partial charge >= 0.3 is 5.97 Å². The van der Waals surface area contributed by atoms with Gasteiger partial charge in [-0.2, -0.15) is 0 Å². The van der Waals surface area contributed by atoms with Gasteiger partial charge in [-0.3, -0.25) is 9.88 Å². The molecule has 0 radical (unpaired) electrons. The SMILES string of the molecule is COc1cc(C(=O)O)cc2c1nc(CN1CCN(c3cccc4c3O[C@@](C)(c3ccc(Cl)cn3)O4)[C@H]3CC[C@H]31)n2CCOC1CC1(F)F. The van der Waals surface area contributed by atoms with Gasteiger partial charge < -0.3 is 33.5 Å². The van der Waals surface area contributed by atoms with E-state index in [0.29, 0.717) is 51.4 Å². The smallest absolute Gasteiger partial charge is 0.335 e. The van der Waals surface area contributed by atoms with E-state index in [9.17, 15) is 18.7 Å². The molecule has 1 saturated heterocycles. The molecule has 14 heteroatoms. The highest BCUT2D eigenvalue weighted by atomic mass is 35.5. The van der Waals surface area contributed by atoms with Crippen LogP contribution < -0.4 is 19.1 Å². The molecule has 4 aliphatic rings. The monoisotopic (exact) mass is 681 g/mol. The first kappa shape index (κ1) is 31.1. The summed E-state index contributed by atoms with van der Waals surface area (Å²) >= 11 is 6.07. The van der Waals surface area contributed by atoms with Crippen molar-refractivity contribution in [2.75, 3.05) is 31.7 Å². The van der Waals surface area contributed by atoms with Gasteiger partial charge in [-0.25, -0.2) is 18.6 Å². The average molecular weight is 682 g/mol. The first-order valence-corrected chi connectivity index (χ1v) is 16.4. The number of ether oxygens (including phenoxy) is 4. The molecule has 4 aromatic rings. The lowest BCUT2D eigenvalue weighted by Crippen LogP contribution is -2.64. The largest absolute Gasteiger partial charge is 0.494 e. The molecule has 2 aliphatic carbocycles. The Morgan fingerprint density at radius 3 is 2.65 bits per heavy atom. The summed E-state index contributed by atoms with van der Waals surface area (Å²) in [6.07, 6.45) is 2.20. The van der Waals surface area contributed by atoms with E-state index in [1.807, 2.05) is 23.6 Å². The quantitative estimate of drug-likeness (QED) is 0.223. The molecule has 2 aromatic carbocycles. The zero-order valence-corrected chi connectivity index (χ0v) is 27.1. The Balaban J connectivity index is 1.05. The molecule has 2 aliphatic heterocycles. The number of rotatable bonds is 10. The van der Waals surface area contributed by atoms with E-state index < -0.39 is 23.8 Å². The predicted molar refractivity (Wildman–Crippen MR) is 171 cm³/mol. The van der Waals surface area contributed by atoms with Gasteiger partial charge in [0.1, 0.15) is 28.9 Å². The van der Waals surface area contributed by atoms with Gasteiger partial charge in [0.2, 0.25) is 0 Å². The van der Waals surface area contributed by atoms with Crippen molar-refractivity contribution in [3.05, 3.63) is 70.8 Å². The van der Waals surface area contributed by atoms with E-state index in [-0.39, 0.29) is 37.2 Å². The number of halogens is 3. The molecule has 1 N–H and O–H groups in total. The van der Waals surface area contributed by atoms with Gasteiger partial charge in [0, 0.05) is 51.3 Å². The Bertz CT molecular complexity index is 1910. The Hall–Kier alpha value is -4.20. The van der Waals surface area contributed by atoms with E-state index in [2.05, 4.69) is 20.9 Å². The van der Waals surface area contributed by atoms with Crippen molar-refractivity contribution in [1.82, 2.24) is 19.4 Å². The van der Waals surface area contributed by atoms with Crippen LogP contribution in [0.2, 0.25) is 5.02 Å². The van der Waals surface area contributed by atoms with Crippen molar-refractivity contribution in [2.45, 2.75) is 69.2 Å². The highest BCUT2D eigenvalue weighted by Gasteiger charge is 2.58. The van der Waals surface area contributed by atoms with Gasteiger partial charge in [0.05, 0.1) is 42.1 Å². The van der Waals surface area contributed by atoms with E-state index in [4.69, 9.17) is 35.5 Å². The molecule has 11 nitrogen and oxygen atoms in total. The summed E-state index contributed by atoms with van der Waals surface area (Å²) in [5.41, 5.74) is 2.72. The first-order chi connectivity index (χ1) is 23.0. The van der Waals surface area contributed by atoms with Crippen LogP contribution in [0.25, 0.3) is 11.0 Å². The number of anilines is 1. The maximum absolute atomic E-state index is 13.5. The van der Waals surface area contributed by atoms with Crippen LogP contribution in [0.15, 0.2) is 48.7 Å². The number of hydrogen-bond acceptors (Lipinski definition) is 9. The molecule has 4 atom stereocenters. The lowest BCUT2D eigenvalue weighted by atomic mass is 9.81. The topological polar surface area (TPSA) is 111 Å². The number of piperazine rings is 1. The van der Waals surface area contributed by atoms with Gasteiger partial charge in [-0.1, -0.05) is 17.7 Å². The summed E-state index contributed by atoms with van der Waals surface area (Å²) in [6.45, 7) is 4.08. The van der Waals surface area contributed by atoms with Gasteiger partial charge in [0.25, 0.3) is 11.7 Å². The summed E-state index contributed by atoms with van der Waals surface area (Å²) in [5, 5.41) is 10.3. The molecule has 3 fully saturated rings. The van der Waals surface area contributed by atoms with Crippen LogP contribution in [0.3, 0.4) is 0 Å². The van der Waals surface area contributed by atoms with Crippen molar-refractivity contribution >= 4 is 34.3 Å². The number of carbonyl (C=O) groups is 1. The number of carboxylic acid groups (broad SMARTS) is 1. The molecule has 252 valence electrons. The van der Waals surface area contributed by atoms with Crippen LogP contribution in [0.1, 0.15) is 48.1 Å². The third-order valence-electron chi connectivity index (χ3n) is 9.87. The molecule has 2 aromatic heterocycles. The van der Waals surface area contributed by atoms with E-state index in [1.54, 1.807) is 24.4 Å². The number of para-hydroxylation sites is 1. The Morgan fingerprint density at radius 1 is 1.15 bits per heavy atom. The number of nitrogens with zero attached hydrogens (tertiary/aromatic N) is 5. The summed E-state index contributed by atoms with van der Waals surface area (Å²) in [5.74, 6) is -2.62. The highest BCUT2D eigenvalue weighted by molar-refractivity contribution is 6.30. The minimum atomic E-state index is -2.79. The number of aromatic nitrogens is 3. The minimum Gasteiger partial charge on any atom is -0.494 e. The number of methoxy groups -OCH3 is 1. The molecule has 2 saturated carbocycles. The van der Waals surface area contributed by atoms with Crippen LogP contribution in [0.4, 0.5) is 14.5 Å². The Kier molecular flexibility index (Phi) is 7.42. The molecule has 48 heavy (non-hydrogen) atoms. The molecule has 0 bridgehead atoms. The number of fused-ring (bicyclic) bond motifs is 3. The average Bonchev–Trinajstić information content (AvgIpc) is 3.32. The summed E-state index contributed by atoms with van der Waals surface area (Å²) in [6, 6.07) is 12.9. The number of alkyl halides is 2. The fourth-order valence-corrected chi connectivity index (χ4v) is 7.24. The lowest BCUT2D eigenvalue weighted by Gasteiger charge is -2.54. The second-order valence-electron chi connectivity index (χ2n) is 12.8. The number of benzene rings is 2. The standard InChI is InChI=1S/C34H34ClF2N5O6/c1-33(27-9-6-20(35)17-38-27)47-25-5-3-4-23(31(25)48-33)41-11-10-40(21-7-8-22(21)41)18-29-39-30-24(14-19(32(43)44)15-26(30)45-2)42(29)12-13-46-28-16-34(28,36)37/h3-6,9,14-15,17,21-22,28H,7-8,10-13,16,18H2,1-2H3,(H,43,44)/t21-,22+,28?,33+/m1/s1. The Labute approximate surface area is 279 Å². The normalized spacial score (nSPS) is 25.5. The third-order valence-corrected chi connectivity index (χ3v) is 10.1. The van der Waals surface area contributed by atoms with Crippen LogP contribution >= 0.6 is 11.6 Å². The molecule has 0 spiro atoms. The van der Waals surface area contributed by atoms with E-state index in [0.717, 1.165) is 31.6 Å². The first-order valence-electron chi connectivity index (χ1n) is 16.0. The van der Waals surface area contributed by atoms with Gasteiger partial charge in [-0.05, 0) is 49.2 Å². The molecule has 1 unspecified atom stereocenters. The van der Waals surface area contributed by atoms with Crippen molar-refractivity contribution in [1.29, 1.82) is 0 Å². The van der Waals surface area contributed by atoms with Crippen molar-refractivity contribution in [3.63, 3.8) is 0 Å². The molecule has 4 heterocycles. The second-order valence-corrected chi connectivity index (χ2v) is 13.3. The fraction of sp³-hybridized carbons (Fsp3) is 0.441. The zero-order chi connectivity index (χ0) is 33.4. The molecule has 0 amide bonds. The van der Waals surface area contributed by atoms with Crippen LogP contribution in [-0.2, 0) is 23.6 Å². The van der Waals surface area contributed by atoms with Crippen LogP contribution in [-0.4, -0.2) is 81.4 Å². The van der Waals surface area contributed by atoms with Crippen molar-refractivity contribution < 1.29 is 37.6 Å². The van der Waals surface area contributed by atoms with Crippen molar-refractivity contribution in [2.24, 2.45) is 0 Å². The van der Waals surface area contributed by atoms with E-state index >= 15 is 0 Å². The van der Waals surface area contributed by atoms with Crippen LogP contribution in [0.5, 0.6) is 17.2 Å². The lowest BCUT2D eigenvalue weighted by molar-refractivity contribution is -0.0717. The summed E-state index contributed by atoms with van der Waals surface area (Å²) in [7, 11) is 1.47. The number of pyridine rings is 1. The molecule has 8 rings (SSSR count). The Morgan fingerprint density at radius 2 is 1.96 bits per heavy atom. The maximum Gasteiger partial charge on any atom is 0.335 e.